The van der Waals surface area contributed by atoms with Crippen molar-refractivity contribution >= 4 is 23.4 Å². The van der Waals surface area contributed by atoms with Crippen molar-refractivity contribution < 1.29 is 19.1 Å². The molecular weight excluding hydrogens is 452 g/mol. The van der Waals surface area contributed by atoms with Crippen molar-refractivity contribution in [1.29, 1.82) is 0 Å². The highest BCUT2D eigenvalue weighted by atomic mass is 35.5. The summed E-state index contributed by atoms with van der Waals surface area (Å²) in [4.78, 5) is 29.3. The number of halogens is 1. The van der Waals surface area contributed by atoms with Crippen LogP contribution in [0.4, 0.5) is 0 Å². The third-order valence-electron chi connectivity index (χ3n) is 6.25. The zero-order chi connectivity index (χ0) is 24.7. The van der Waals surface area contributed by atoms with Gasteiger partial charge < -0.3 is 19.3 Å². The first-order valence-corrected chi connectivity index (χ1v) is 12.3. The van der Waals surface area contributed by atoms with Crippen LogP contribution in [0.1, 0.15) is 49.3 Å². The van der Waals surface area contributed by atoms with Crippen molar-refractivity contribution in [3.63, 3.8) is 0 Å². The minimum absolute atomic E-state index is 0.0216. The molecule has 3 rings (SSSR count). The van der Waals surface area contributed by atoms with Crippen LogP contribution in [0.5, 0.6) is 11.5 Å². The van der Waals surface area contributed by atoms with Gasteiger partial charge in [-0.25, -0.2) is 0 Å². The number of benzene rings is 2. The Kier molecular flexibility index (Phi) is 9.22. The number of nitrogens with zero attached hydrogens (tertiary/aromatic N) is 2. The second kappa shape index (κ2) is 12.1. The van der Waals surface area contributed by atoms with Crippen LogP contribution in [0, 0.1) is 6.92 Å². The summed E-state index contributed by atoms with van der Waals surface area (Å²) >= 11 is 6.27. The van der Waals surface area contributed by atoms with Gasteiger partial charge in [-0.3, -0.25) is 9.59 Å². The van der Waals surface area contributed by atoms with Gasteiger partial charge in [-0.1, -0.05) is 37.6 Å². The summed E-state index contributed by atoms with van der Waals surface area (Å²) in [6.45, 7) is 8.41. The van der Waals surface area contributed by atoms with Gasteiger partial charge in [0.1, 0.15) is 11.5 Å². The molecule has 34 heavy (non-hydrogen) atoms. The number of amides is 2. The summed E-state index contributed by atoms with van der Waals surface area (Å²) in [5.41, 5.74) is 3.02. The smallest absolute Gasteiger partial charge is 0.260 e. The molecule has 1 aliphatic rings. The summed E-state index contributed by atoms with van der Waals surface area (Å²) in [5, 5.41) is 0.701. The average Bonchev–Trinajstić information content (AvgIpc) is 3.09. The second-order valence-electron chi connectivity index (χ2n) is 9.05. The number of hydrogen-bond donors (Lipinski definition) is 0. The first kappa shape index (κ1) is 25.9. The van der Waals surface area contributed by atoms with Crippen LogP contribution in [0.2, 0.25) is 5.02 Å². The van der Waals surface area contributed by atoms with Crippen LogP contribution in [0.3, 0.4) is 0 Å². The van der Waals surface area contributed by atoms with E-state index in [2.05, 4.69) is 13.8 Å². The van der Waals surface area contributed by atoms with E-state index in [0.717, 1.165) is 28.9 Å². The van der Waals surface area contributed by atoms with Crippen molar-refractivity contribution in [3.8, 4) is 11.5 Å². The number of carbonyl (C=O) groups excluding carboxylic acids is 2. The predicted octanol–water partition coefficient (Wildman–Crippen LogP) is 4.85. The molecule has 2 aromatic carbocycles. The van der Waals surface area contributed by atoms with E-state index < -0.39 is 0 Å². The first-order chi connectivity index (χ1) is 16.3. The van der Waals surface area contributed by atoms with Crippen LogP contribution in [0.25, 0.3) is 0 Å². The van der Waals surface area contributed by atoms with Gasteiger partial charge in [-0.05, 0) is 66.6 Å². The Balaban J connectivity index is 1.50. The molecule has 2 amide bonds. The van der Waals surface area contributed by atoms with E-state index in [1.807, 2.05) is 48.2 Å². The maximum absolute atomic E-state index is 12.9. The van der Waals surface area contributed by atoms with E-state index in [1.165, 1.54) is 0 Å². The van der Waals surface area contributed by atoms with E-state index in [1.54, 1.807) is 12.0 Å². The summed E-state index contributed by atoms with van der Waals surface area (Å²) in [7, 11) is 1.64. The molecule has 0 saturated carbocycles. The molecule has 0 aromatic heterocycles. The third-order valence-corrected chi connectivity index (χ3v) is 6.66. The lowest BCUT2D eigenvalue weighted by molar-refractivity contribution is -0.134. The Bertz CT molecular complexity index is 991. The zero-order valence-corrected chi connectivity index (χ0v) is 21.4. The van der Waals surface area contributed by atoms with Gasteiger partial charge in [0.15, 0.2) is 6.61 Å². The van der Waals surface area contributed by atoms with E-state index in [9.17, 15) is 9.59 Å². The lowest BCUT2D eigenvalue weighted by Gasteiger charge is -2.23. The quantitative estimate of drug-likeness (QED) is 0.535. The topological polar surface area (TPSA) is 59.1 Å². The summed E-state index contributed by atoms with van der Waals surface area (Å²) in [6.07, 6.45) is 1.91. The molecule has 0 atom stereocenters. The van der Waals surface area contributed by atoms with Crippen molar-refractivity contribution in [2.75, 3.05) is 39.9 Å². The Morgan fingerprint density at radius 3 is 2.26 bits per heavy atom. The van der Waals surface area contributed by atoms with Crippen LogP contribution in [-0.4, -0.2) is 61.5 Å². The van der Waals surface area contributed by atoms with Crippen molar-refractivity contribution in [2.24, 2.45) is 0 Å². The fraction of sp³-hybridized carbons (Fsp3) is 0.481. The Labute approximate surface area is 207 Å². The second-order valence-corrected chi connectivity index (χ2v) is 9.45. The van der Waals surface area contributed by atoms with Gasteiger partial charge in [-0.2, -0.15) is 0 Å². The van der Waals surface area contributed by atoms with E-state index >= 15 is 0 Å². The fourth-order valence-corrected chi connectivity index (χ4v) is 4.27. The molecule has 2 aromatic rings. The molecule has 1 heterocycles. The molecule has 0 radical (unpaired) electrons. The normalized spacial score (nSPS) is 14.2. The van der Waals surface area contributed by atoms with E-state index in [0.29, 0.717) is 49.8 Å². The Morgan fingerprint density at radius 2 is 1.65 bits per heavy atom. The molecule has 184 valence electrons. The molecular formula is C27H35ClN2O4. The van der Waals surface area contributed by atoms with Crippen molar-refractivity contribution in [3.05, 3.63) is 58.1 Å². The number of aryl methyl sites for hydroxylation is 2. The molecule has 0 bridgehead atoms. The monoisotopic (exact) mass is 486 g/mol. The molecule has 1 aliphatic heterocycles. The maximum atomic E-state index is 12.9. The van der Waals surface area contributed by atoms with Gasteiger partial charge in [0, 0.05) is 37.6 Å². The average molecular weight is 487 g/mol. The number of rotatable bonds is 8. The third kappa shape index (κ3) is 6.89. The SMILES string of the molecule is COc1ccc(CCC(=O)N2CCCN(C(=O)COc3cc(C)c(Cl)cc3C(C)C)CC2)cc1. The van der Waals surface area contributed by atoms with Crippen LogP contribution in [0.15, 0.2) is 36.4 Å². The number of methoxy groups -OCH3 is 1. The van der Waals surface area contributed by atoms with Gasteiger partial charge in [-0.15, -0.1) is 0 Å². The molecule has 0 N–H and O–H groups in total. The highest BCUT2D eigenvalue weighted by Gasteiger charge is 2.23. The maximum Gasteiger partial charge on any atom is 0.260 e. The number of ether oxygens (including phenoxy) is 2. The standard InChI is InChI=1S/C27H35ClN2O4/c1-19(2)23-17-24(28)20(3)16-25(23)34-18-27(32)30-13-5-12-29(14-15-30)26(31)11-8-21-6-9-22(33-4)10-7-21/h6-7,9-10,16-17,19H,5,8,11-15,18H2,1-4H3. The minimum Gasteiger partial charge on any atom is -0.497 e. The summed E-state index contributed by atoms with van der Waals surface area (Å²) < 4.78 is 11.1. The summed E-state index contributed by atoms with van der Waals surface area (Å²) in [5.74, 6) is 1.81. The molecule has 0 spiro atoms. The predicted molar refractivity (Wildman–Crippen MR) is 135 cm³/mol. The van der Waals surface area contributed by atoms with Crippen LogP contribution >= 0.6 is 11.6 Å². The van der Waals surface area contributed by atoms with Crippen LogP contribution < -0.4 is 9.47 Å². The van der Waals surface area contributed by atoms with E-state index in [4.69, 9.17) is 21.1 Å². The molecule has 0 aliphatic carbocycles. The van der Waals surface area contributed by atoms with Gasteiger partial charge in [0.25, 0.3) is 5.91 Å². The zero-order valence-electron chi connectivity index (χ0n) is 20.6. The lowest BCUT2D eigenvalue weighted by atomic mass is 10.0. The van der Waals surface area contributed by atoms with Crippen molar-refractivity contribution in [1.82, 2.24) is 9.80 Å². The Hall–Kier alpha value is -2.73. The highest BCUT2D eigenvalue weighted by Crippen LogP contribution is 2.32. The van der Waals surface area contributed by atoms with Gasteiger partial charge in [0.05, 0.1) is 7.11 Å². The first-order valence-electron chi connectivity index (χ1n) is 11.9. The van der Waals surface area contributed by atoms with Crippen LogP contribution in [-0.2, 0) is 16.0 Å². The fourth-order valence-electron chi connectivity index (χ4n) is 4.10. The van der Waals surface area contributed by atoms with Gasteiger partial charge >= 0.3 is 0 Å². The molecule has 6 nitrogen and oxygen atoms in total. The highest BCUT2D eigenvalue weighted by molar-refractivity contribution is 6.31. The van der Waals surface area contributed by atoms with Crippen molar-refractivity contribution in [2.45, 2.75) is 46.0 Å². The molecule has 7 heteroatoms. The summed E-state index contributed by atoms with van der Waals surface area (Å²) in [6, 6.07) is 11.6. The lowest BCUT2D eigenvalue weighted by Crippen LogP contribution is -2.39. The van der Waals surface area contributed by atoms with Gasteiger partial charge in [0.2, 0.25) is 5.91 Å². The number of carbonyl (C=O) groups is 2. The largest absolute Gasteiger partial charge is 0.497 e. The molecule has 1 fully saturated rings. The number of hydrogen-bond acceptors (Lipinski definition) is 4. The van der Waals surface area contributed by atoms with E-state index in [-0.39, 0.29) is 24.3 Å². The molecule has 1 saturated heterocycles. The molecule has 0 unspecified atom stereocenters. The minimum atomic E-state index is -0.0603. The Morgan fingerprint density at radius 1 is 1.00 bits per heavy atom.